The van der Waals surface area contributed by atoms with Crippen LogP contribution in [-0.2, 0) is 10.0 Å². The van der Waals surface area contributed by atoms with Gasteiger partial charge in [0.25, 0.3) is 0 Å². The molecule has 2 N–H and O–H groups in total. The van der Waals surface area contributed by atoms with Crippen molar-refractivity contribution in [1.82, 2.24) is 14.9 Å². The summed E-state index contributed by atoms with van der Waals surface area (Å²) < 4.78 is 27.4. The first-order valence-electron chi connectivity index (χ1n) is 7.27. The van der Waals surface area contributed by atoms with Gasteiger partial charge < -0.3 is 10.2 Å². The maximum absolute atomic E-state index is 12.3. The lowest BCUT2D eigenvalue weighted by Gasteiger charge is -2.35. The molecule has 3 atom stereocenters. The molecule has 3 unspecified atom stereocenters. The molecule has 0 bridgehead atoms. The molecule has 0 aromatic carbocycles. The highest BCUT2D eigenvalue weighted by molar-refractivity contribution is 7.90. The van der Waals surface area contributed by atoms with E-state index in [1.807, 2.05) is 0 Å². The predicted molar refractivity (Wildman–Crippen MR) is 79.7 cm³/mol. The number of sulfonamides is 1. The van der Waals surface area contributed by atoms with Crippen LogP contribution in [0, 0.1) is 5.92 Å². The Bertz CT molecular complexity index is 359. The highest BCUT2D eigenvalue weighted by Gasteiger charge is 2.30. The standard InChI is InChI=1S/C13H29N3O2S/c1-5-7-14-9-12(3)19(17,18)15-13-6-8-16(4)10-11(13)2/h11-15H,5-10H2,1-4H3. The second kappa shape index (κ2) is 7.57. The Morgan fingerprint density at radius 1 is 1.42 bits per heavy atom. The molecule has 0 aliphatic carbocycles. The van der Waals surface area contributed by atoms with Crippen LogP contribution in [0.3, 0.4) is 0 Å². The SMILES string of the molecule is CCCNCC(C)S(=O)(=O)NC1CCN(C)CC1C. The fourth-order valence-electron chi connectivity index (χ4n) is 2.45. The summed E-state index contributed by atoms with van der Waals surface area (Å²) in [7, 11) is -1.14. The van der Waals surface area contributed by atoms with Gasteiger partial charge in [-0.05, 0) is 45.8 Å². The Kier molecular flexibility index (Phi) is 6.73. The topological polar surface area (TPSA) is 61.4 Å². The Morgan fingerprint density at radius 3 is 2.68 bits per heavy atom. The van der Waals surface area contributed by atoms with Gasteiger partial charge in [0.1, 0.15) is 0 Å². The maximum Gasteiger partial charge on any atom is 0.215 e. The van der Waals surface area contributed by atoms with Crippen molar-refractivity contribution in [2.24, 2.45) is 5.92 Å². The normalized spacial score (nSPS) is 27.4. The first-order chi connectivity index (χ1) is 8.86. The van der Waals surface area contributed by atoms with E-state index in [0.717, 1.165) is 32.5 Å². The van der Waals surface area contributed by atoms with E-state index in [4.69, 9.17) is 0 Å². The maximum atomic E-state index is 12.3. The van der Waals surface area contributed by atoms with Crippen LogP contribution in [0.5, 0.6) is 0 Å². The molecule has 114 valence electrons. The van der Waals surface area contributed by atoms with Crippen LogP contribution in [0.25, 0.3) is 0 Å². The minimum absolute atomic E-state index is 0.0785. The van der Waals surface area contributed by atoms with E-state index >= 15 is 0 Å². The van der Waals surface area contributed by atoms with Gasteiger partial charge in [-0.25, -0.2) is 13.1 Å². The van der Waals surface area contributed by atoms with Crippen molar-refractivity contribution >= 4 is 10.0 Å². The smallest absolute Gasteiger partial charge is 0.215 e. The van der Waals surface area contributed by atoms with Crippen molar-refractivity contribution in [2.75, 3.05) is 33.2 Å². The molecule has 1 fully saturated rings. The quantitative estimate of drug-likeness (QED) is 0.676. The number of nitrogens with one attached hydrogen (secondary N) is 2. The summed E-state index contributed by atoms with van der Waals surface area (Å²) in [4.78, 5) is 2.25. The zero-order valence-corrected chi connectivity index (χ0v) is 13.5. The third-order valence-corrected chi connectivity index (χ3v) is 5.67. The summed E-state index contributed by atoms with van der Waals surface area (Å²) in [5.74, 6) is 0.365. The van der Waals surface area contributed by atoms with E-state index in [1.165, 1.54) is 0 Å². The number of likely N-dealkylation sites (tertiary alicyclic amines) is 1. The summed E-state index contributed by atoms with van der Waals surface area (Å²) in [6.45, 7) is 9.25. The molecule has 6 heteroatoms. The molecule has 0 aromatic heterocycles. The zero-order valence-electron chi connectivity index (χ0n) is 12.6. The molecule has 0 radical (unpaired) electrons. The fourth-order valence-corrected chi connectivity index (χ4v) is 3.79. The summed E-state index contributed by atoms with van der Waals surface area (Å²) in [6, 6.07) is 0.0785. The molecule has 19 heavy (non-hydrogen) atoms. The molecular formula is C13H29N3O2S. The number of hydrogen-bond donors (Lipinski definition) is 2. The van der Waals surface area contributed by atoms with Crippen LogP contribution in [0.15, 0.2) is 0 Å². The van der Waals surface area contributed by atoms with Gasteiger partial charge in [0.15, 0.2) is 0 Å². The molecule has 0 aromatic rings. The molecule has 1 aliphatic heterocycles. The lowest BCUT2D eigenvalue weighted by atomic mass is 9.95. The fraction of sp³-hybridized carbons (Fsp3) is 1.00. The summed E-state index contributed by atoms with van der Waals surface area (Å²) >= 11 is 0. The minimum atomic E-state index is -3.22. The molecule has 0 saturated carbocycles. The van der Waals surface area contributed by atoms with Gasteiger partial charge in [0.2, 0.25) is 10.0 Å². The van der Waals surface area contributed by atoms with E-state index < -0.39 is 10.0 Å². The highest BCUT2D eigenvalue weighted by atomic mass is 32.2. The second-order valence-electron chi connectivity index (χ2n) is 5.81. The van der Waals surface area contributed by atoms with Gasteiger partial charge in [-0.1, -0.05) is 13.8 Å². The number of hydrogen-bond acceptors (Lipinski definition) is 4. The lowest BCUT2D eigenvalue weighted by molar-refractivity contribution is 0.188. The van der Waals surface area contributed by atoms with Crippen molar-refractivity contribution in [2.45, 2.75) is 44.9 Å². The van der Waals surface area contributed by atoms with E-state index in [-0.39, 0.29) is 11.3 Å². The van der Waals surface area contributed by atoms with Crippen LogP contribution in [0.4, 0.5) is 0 Å². The van der Waals surface area contributed by atoms with E-state index in [0.29, 0.717) is 12.5 Å². The van der Waals surface area contributed by atoms with Gasteiger partial charge in [-0.3, -0.25) is 0 Å². The van der Waals surface area contributed by atoms with Crippen molar-refractivity contribution in [1.29, 1.82) is 0 Å². The largest absolute Gasteiger partial charge is 0.315 e. The van der Waals surface area contributed by atoms with Crippen molar-refractivity contribution < 1.29 is 8.42 Å². The third kappa shape index (κ3) is 5.38. The van der Waals surface area contributed by atoms with Crippen LogP contribution < -0.4 is 10.0 Å². The number of piperidine rings is 1. The Balaban J connectivity index is 2.49. The molecule has 1 saturated heterocycles. The van der Waals surface area contributed by atoms with Crippen LogP contribution in [0.2, 0.25) is 0 Å². The van der Waals surface area contributed by atoms with Crippen LogP contribution in [0.1, 0.15) is 33.6 Å². The van der Waals surface area contributed by atoms with Crippen molar-refractivity contribution in [3.05, 3.63) is 0 Å². The van der Waals surface area contributed by atoms with Gasteiger partial charge >= 0.3 is 0 Å². The first kappa shape index (κ1) is 16.9. The second-order valence-corrected chi connectivity index (χ2v) is 7.94. The molecular weight excluding hydrogens is 262 g/mol. The molecule has 0 amide bonds. The van der Waals surface area contributed by atoms with Crippen LogP contribution >= 0.6 is 0 Å². The number of nitrogens with zero attached hydrogens (tertiary/aromatic N) is 1. The summed E-state index contributed by atoms with van der Waals surface area (Å²) in [5, 5.41) is 2.79. The molecule has 5 nitrogen and oxygen atoms in total. The van der Waals surface area contributed by atoms with Gasteiger partial charge in [-0.15, -0.1) is 0 Å². The molecule has 0 spiro atoms. The van der Waals surface area contributed by atoms with Crippen LogP contribution in [-0.4, -0.2) is 57.8 Å². The summed E-state index contributed by atoms with van der Waals surface area (Å²) in [5.41, 5.74) is 0. The van der Waals surface area contributed by atoms with Gasteiger partial charge in [0, 0.05) is 19.1 Å². The van der Waals surface area contributed by atoms with E-state index in [1.54, 1.807) is 6.92 Å². The monoisotopic (exact) mass is 291 g/mol. The predicted octanol–water partition coefficient (Wildman–Crippen LogP) is 0.634. The van der Waals surface area contributed by atoms with Crippen molar-refractivity contribution in [3.8, 4) is 0 Å². The van der Waals surface area contributed by atoms with Gasteiger partial charge in [-0.2, -0.15) is 0 Å². The Labute approximate surface area is 118 Å². The minimum Gasteiger partial charge on any atom is -0.315 e. The van der Waals surface area contributed by atoms with Crippen molar-refractivity contribution in [3.63, 3.8) is 0 Å². The average Bonchev–Trinajstić information content (AvgIpc) is 2.33. The first-order valence-corrected chi connectivity index (χ1v) is 8.81. The summed E-state index contributed by atoms with van der Waals surface area (Å²) in [6.07, 6.45) is 1.91. The lowest BCUT2D eigenvalue weighted by Crippen LogP contribution is -2.51. The molecule has 1 rings (SSSR count). The highest BCUT2D eigenvalue weighted by Crippen LogP contribution is 2.17. The Hall–Kier alpha value is -0.170. The third-order valence-electron chi connectivity index (χ3n) is 3.81. The van der Waals surface area contributed by atoms with E-state index in [9.17, 15) is 8.42 Å². The number of rotatable bonds is 7. The molecule has 1 heterocycles. The zero-order chi connectivity index (χ0) is 14.5. The van der Waals surface area contributed by atoms with E-state index in [2.05, 4.69) is 35.8 Å². The average molecular weight is 291 g/mol. The van der Waals surface area contributed by atoms with Gasteiger partial charge in [0.05, 0.1) is 5.25 Å². The Morgan fingerprint density at radius 2 is 2.11 bits per heavy atom. The molecule has 1 aliphatic rings.